The van der Waals surface area contributed by atoms with Gasteiger partial charge in [0.15, 0.2) is 12.0 Å². The highest BCUT2D eigenvalue weighted by Crippen LogP contribution is 2.19. The van der Waals surface area contributed by atoms with Gasteiger partial charge >= 0.3 is 5.97 Å². The summed E-state index contributed by atoms with van der Waals surface area (Å²) in [6, 6.07) is 9.02. The lowest BCUT2D eigenvalue weighted by Crippen LogP contribution is -2.15. The van der Waals surface area contributed by atoms with Crippen molar-refractivity contribution < 1.29 is 18.7 Å². The number of ether oxygens (including phenoxy) is 1. The minimum atomic E-state index is -0.870. The predicted octanol–water partition coefficient (Wildman–Crippen LogP) is 3.86. The second-order valence-corrected chi connectivity index (χ2v) is 6.75. The predicted molar refractivity (Wildman–Crippen MR) is 91.2 cm³/mol. The number of Topliss-reactive ketones (excluding diaryl/α,β-unsaturated/α-hetero) is 1. The molecule has 24 heavy (non-hydrogen) atoms. The fraction of sp³-hybridized carbons (Fsp3) is 0.118. The van der Waals surface area contributed by atoms with E-state index in [1.165, 1.54) is 23.5 Å². The Labute approximate surface area is 145 Å². The van der Waals surface area contributed by atoms with Crippen molar-refractivity contribution in [2.75, 3.05) is 6.61 Å². The molecule has 3 aromatic rings. The van der Waals surface area contributed by atoms with Crippen LogP contribution in [0.4, 0.5) is 0 Å². The number of ketones is 1. The molecule has 0 aliphatic heterocycles. The molecule has 0 unspecified atom stereocenters. The Hall–Kier alpha value is -2.44. The second kappa shape index (κ2) is 6.59. The molecule has 0 bridgehead atoms. The summed E-state index contributed by atoms with van der Waals surface area (Å²) in [7, 11) is 0. The number of carbonyl (C=O) groups is 2. The zero-order chi connectivity index (χ0) is 17.3. The Bertz CT molecular complexity index is 1000. The van der Waals surface area contributed by atoms with Gasteiger partial charge in [0.2, 0.25) is 11.5 Å². The molecule has 0 aliphatic rings. The van der Waals surface area contributed by atoms with Gasteiger partial charge in [0.1, 0.15) is 5.58 Å². The lowest BCUT2D eigenvalue weighted by molar-refractivity contribution is 0.0445. The SMILES string of the molecule is Cc1ccc(C(=O)COC(=O)c2cc(=O)c3cc(Cl)ccc3o2)s1. The van der Waals surface area contributed by atoms with E-state index in [-0.39, 0.29) is 22.5 Å². The van der Waals surface area contributed by atoms with Crippen LogP contribution in [-0.4, -0.2) is 18.4 Å². The van der Waals surface area contributed by atoms with Crippen molar-refractivity contribution in [2.45, 2.75) is 6.92 Å². The first kappa shape index (κ1) is 16.4. The molecule has 5 nitrogen and oxygen atoms in total. The highest BCUT2D eigenvalue weighted by atomic mass is 35.5. The molecule has 2 heterocycles. The zero-order valence-corrected chi connectivity index (χ0v) is 14.1. The molecular formula is C17H11ClO5S. The minimum absolute atomic E-state index is 0.221. The Morgan fingerprint density at radius 2 is 2.00 bits per heavy atom. The number of hydrogen-bond donors (Lipinski definition) is 0. The maximum absolute atomic E-state index is 12.0. The maximum atomic E-state index is 12.0. The average Bonchev–Trinajstić information content (AvgIpc) is 2.99. The van der Waals surface area contributed by atoms with Crippen molar-refractivity contribution >= 4 is 45.7 Å². The molecule has 0 saturated carbocycles. The van der Waals surface area contributed by atoms with Gasteiger partial charge in [-0.15, -0.1) is 11.3 Å². The van der Waals surface area contributed by atoms with Crippen LogP contribution in [-0.2, 0) is 4.74 Å². The summed E-state index contributed by atoms with van der Waals surface area (Å²) in [5.74, 6) is -1.44. The van der Waals surface area contributed by atoms with Gasteiger partial charge < -0.3 is 9.15 Å². The van der Waals surface area contributed by atoms with E-state index < -0.39 is 18.0 Å². The number of halogens is 1. The van der Waals surface area contributed by atoms with Crippen LogP contribution in [0.3, 0.4) is 0 Å². The number of thiophene rings is 1. The van der Waals surface area contributed by atoms with Gasteiger partial charge in [-0.25, -0.2) is 4.79 Å². The largest absolute Gasteiger partial charge is 0.451 e. The van der Waals surface area contributed by atoms with Gasteiger partial charge in [-0.3, -0.25) is 9.59 Å². The molecule has 122 valence electrons. The highest BCUT2D eigenvalue weighted by molar-refractivity contribution is 7.14. The fourth-order valence-electron chi connectivity index (χ4n) is 2.09. The van der Waals surface area contributed by atoms with E-state index in [0.29, 0.717) is 9.90 Å². The highest BCUT2D eigenvalue weighted by Gasteiger charge is 2.17. The van der Waals surface area contributed by atoms with Gasteiger partial charge in [-0.1, -0.05) is 11.6 Å². The summed E-state index contributed by atoms with van der Waals surface area (Å²) in [5.41, 5.74) is -0.190. The van der Waals surface area contributed by atoms with Gasteiger partial charge in [0, 0.05) is 16.0 Å². The Balaban J connectivity index is 1.78. The Morgan fingerprint density at radius 3 is 2.71 bits per heavy atom. The van der Waals surface area contributed by atoms with Gasteiger partial charge in [-0.2, -0.15) is 0 Å². The van der Waals surface area contributed by atoms with Crippen molar-refractivity contribution in [3.05, 3.63) is 67.2 Å². The molecule has 0 atom stereocenters. The van der Waals surface area contributed by atoms with Crippen LogP contribution in [0.1, 0.15) is 25.1 Å². The topological polar surface area (TPSA) is 73.6 Å². The number of fused-ring (bicyclic) bond motifs is 1. The number of esters is 1. The number of benzene rings is 1. The number of carbonyl (C=O) groups excluding carboxylic acids is 2. The van der Waals surface area contributed by atoms with E-state index in [9.17, 15) is 14.4 Å². The fourth-order valence-corrected chi connectivity index (χ4v) is 3.05. The molecule has 7 heteroatoms. The monoisotopic (exact) mass is 362 g/mol. The smallest absolute Gasteiger partial charge is 0.374 e. The molecule has 0 saturated heterocycles. The van der Waals surface area contributed by atoms with Crippen LogP contribution in [0.15, 0.2) is 45.6 Å². The number of rotatable bonds is 4. The van der Waals surface area contributed by atoms with Crippen LogP contribution >= 0.6 is 22.9 Å². The number of aryl methyl sites for hydroxylation is 1. The molecule has 0 amide bonds. The number of hydrogen-bond acceptors (Lipinski definition) is 6. The molecule has 0 aliphatic carbocycles. The van der Waals surface area contributed by atoms with Crippen LogP contribution in [0, 0.1) is 6.92 Å². The van der Waals surface area contributed by atoms with Crippen LogP contribution in [0.2, 0.25) is 5.02 Å². The normalized spacial score (nSPS) is 10.8. The molecule has 0 radical (unpaired) electrons. The molecule has 0 fully saturated rings. The lowest BCUT2D eigenvalue weighted by Gasteiger charge is -2.04. The minimum Gasteiger partial charge on any atom is -0.451 e. The third-order valence-corrected chi connectivity index (χ3v) is 4.52. The first-order chi connectivity index (χ1) is 11.4. The maximum Gasteiger partial charge on any atom is 0.374 e. The third kappa shape index (κ3) is 3.39. The molecule has 3 rings (SSSR count). The van der Waals surface area contributed by atoms with E-state index in [2.05, 4.69) is 0 Å². The van der Waals surface area contributed by atoms with Crippen molar-refractivity contribution in [1.82, 2.24) is 0 Å². The zero-order valence-electron chi connectivity index (χ0n) is 12.5. The van der Waals surface area contributed by atoms with Crippen molar-refractivity contribution in [3.63, 3.8) is 0 Å². The summed E-state index contributed by atoms with van der Waals surface area (Å²) < 4.78 is 10.3. The van der Waals surface area contributed by atoms with Crippen LogP contribution in [0.5, 0.6) is 0 Å². The first-order valence-corrected chi connectivity index (χ1v) is 8.13. The quantitative estimate of drug-likeness (QED) is 0.520. The summed E-state index contributed by atoms with van der Waals surface area (Å²) in [6.45, 7) is 1.46. The van der Waals surface area contributed by atoms with E-state index in [1.54, 1.807) is 12.1 Å². The molecule has 0 spiro atoms. The van der Waals surface area contributed by atoms with Crippen LogP contribution in [0.25, 0.3) is 11.0 Å². The Kier molecular flexibility index (Phi) is 4.51. The van der Waals surface area contributed by atoms with Gasteiger partial charge in [0.05, 0.1) is 10.3 Å². The summed E-state index contributed by atoms with van der Waals surface area (Å²) in [6.07, 6.45) is 0. The molecule has 1 aromatic carbocycles. The summed E-state index contributed by atoms with van der Waals surface area (Å²) in [5, 5.41) is 0.658. The average molecular weight is 363 g/mol. The van der Waals surface area contributed by atoms with E-state index in [4.69, 9.17) is 20.8 Å². The third-order valence-electron chi connectivity index (χ3n) is 3.24. The second-order valence-electron chi connectivity index (χ2n) is 5.02. The first-order valence-electron chi connectivity index (χ1n) is 6.94. The van der Waals surface area contributed by atoms with Crippen molar-refractivity contribution in [3.8, 4) is 0 Å². The summed E-state index contributed by atoms with van der Waals surface area (Å²) in [4.78, 5) is 37.5. The molecule has 0 N–H and O–H groups in total. The van der Waals surface area contributed by atoms with Crippen LogP contribution < -0.4 is 5.43 Å². The van der Waals surface area contributed by atoms with E-state index >= 15 is 0 Å². The van der Waals surface area contributed by atoms with E-state index in [1.807, 2.05) is 13.0 Å². The van der Waals surface area contributed by atoms with Crippen molar-refractivity contribution in [1.29, 1.82) is 0 Å². The van der Waals surface area contributed by atoms with Crippen molar-refractivity contribution in [2.24, 2.45) is 0 Å². The van der Waals surface area contributed by atoms with Gasteiger partial charge in [-0.05, 0) is 37.3 Å². The molecular weight excluding hydrogens is 352 g/mol. The van der Waals surface area contributed by atoms with E-state index in [0.717, 1.165) is 10.9 Å². The lowest BCUT2D eigenvalue weighted by atomic mass is 10.2. The summed E-state index contributed by atoms with van der Waals surface area (Å²) >= 11 is 7.15. The molecule has 2 aromatic heterocycles. The van der Waals surface area contributed by atoms with Gasteiger partial charge in [0.25, 0.3) is 0 Å². The Morgan fingerprint density at radius 1 is 1.21 bits per heavy atom. The standard InChI is InChI=1S/C17H11ClO5S/c1-9-2-5-16(24-9)13(20)8-22-17(21)15-7-12(19)11-6-10(18)3-4-14(11)23-15/h2-7H,8H2,1H3.